The van der Waals surface area contributed by atoms with Gasteiger partial charge in [0.1, 0.15) is 82.2 Å². The molecule has 8 heterocycles. The van der Waals surface area contributed by atoms with E-state index in [1.807, 2.05) is 13.8 Å². The predicted molar refractivity (Wildman–Crippen MR) is 312 cm³/mol. The molecule has 1 aromatic carbocycles. The van der Waals surface area contributed by atoms with Crippen molar-refractivity contribution in [3.05, 3.63) is 111 Å². The summed E-state index contributed by atoms with van der Waals surface area (Å²) in [5, 5.41) is 44.2. The number of aliphatic hydroxyl groups excluding tert-OH is 1. The van der Waals surface area contributed by atoms with Gasteiger partial charge in [-0.25, -0.2) is 34.9 Å². The van der Waals surface area contributed by atoms with E-state index in [4.69, 9.17) is 34.8 Å². The number of aromatic nitrogens is 7. The molecule has 426 valence electrons. The lowest BCUT2D eigenvalue weighted by molar-refractivity contribution is -0.137. The second-order valence-corrected chi connectivity index (χ2v) is 24.7. The van der Waals surface area contributed by atoms with Gasteiger partial charge in [-0.3, -0.25) is 38.5 Å². The maximum atomic E-state index is 14.3. The number of amides is 6. The summed E-state index contributed by atoms with van der Waals surface area (Å²) in [4.78, 5) is 130. The Hall–Kier alpha value is -7.64. The number of benzene rings is 1. The maximum absolute atomic E-state index is 14.3. The summed E-state index contributed by atoms with van der Waals surface area (Å²) in [5.41, 5.74) is 2.65. The van der Waals surface area contributed by atoms with Gasteiger partial charge in [0.15, 0.2) is 0 Å². The third kappa shape index (κ3) is 13.5. The topological polar surface area (TPSA) is 323 Å². The highest BCUT2D eigenvalue weighted by Crippen LogP contribution is 2.40. The van der Waals surface area contributed by atoms with E-state index < -0.39 is 66.3 Å². The second-order valence-electron chi connectivity index (χ2n) is 18.8. The third-order valence-electron chi connectivity index (χ3n) is 12.7. The number of hydrogen-bond acceptors (Lipinski definition) is 22. The lowest BCUT2D eigenvalue weighted by atomic mass is 10.0. The number of aliphatic carboxylic acids is 1. The van der Waals surface area contributed by atoms with E-state index in [1.54, 1.807) is 78.0 Å². The summed E-state index contributed by atoms with van der Waals surface area (Å²) in [5.74, 6) is -4.11. The quantitative estimate of drug-likeness (QED) is 0.0586. The van der Waals surface area contributed by atoms with E-state index in [1.165, 1.54) is 75.7 Å². The molecule has 0 saturated heterocycles. The lowest BCUT2D eigenvalue weighted by Gasteiger charge is -2.23. The standard InChI is InChI=1S/C53H53N13O10S6/c1-24(2)39-53-65-42(33(82-53)19-76-6)46(74)55-18-36(68)62-43(44(72)26-11-8-7-9-12-26)52-60-32(22-79-52)50-58-30(20-78-50)41-27(15-16-28(56-41)49-61-34(23-80-49)66(5)37(69)13-10-14-38(70)71)48-59-31(21-77-48)45(73)57-29(17-35(67)54-4)51-64-40(25(3)81-51)47(75)63-39/h7-9,11-12,15-16,20-24,29,39,43-44,72H,10,13-14,17-19H2,1-6H3,(H,54,67)(H,55,74)(H,57,73)(H,62,68)(H,63,75)(H,70,71)/t29-,39?,43-,44-/m0/s1. The van der Waals surface area contributed by atoms with E-state index in [9.17, 15) is 38.7 Å². The Morgan fingerprint density at radius 1 is 0.720 bits per heavy atom. The number of aryl methyl sites for hydroxylation is 1. The average Bonchev–Trinajstić information content (AvgIpc) is 4.44. The first-order chi connectivity index (χ1) is 39.4. The summed E-state index contributed by atoms with van der Waals surface area (Å²) in [6.07, 6.45) is -1.47. The number of anilines is 1. The van der Waals surface area contributed by atoms with Crippen molar-refractivity contribution < 1.29 is 48.5 Å². The molecule has 29 heteroatoms. The van der Waals surface area contributed by atoms with Crippen molar-refractivity contribution >= 4 is 115 Å². The molecule has 1 aliphatic rings. The van der Waals surface area contributed by atoms with Crippen molar-refractivity contribution in [3.8, 4) is 43.4 Å². The van der Waals surface area contributed by atoms with Crippen molar-refractivity contribution in [1.82, 2.24) is 61.5 Å². The number of carbonyl (C=O) groups is 7. The molecule has 7 N–H and O–H groups in total. The molecule has 4 atom stereocenters. The average molecular weight is 1220 g/mol. The number of methoxy groups -OCH3 is 1. The molecule has 0 radical (unpaired) electrons. The Morgan fingerprint density at radius 3 is 2.17 bits per heavy atom. The molecule has 0 saturated carbocycles. The summed E-state index contributed by atoms with van der Waals surface area (Å²) >= 11 is 7.15. The van der Waals surface area contributed by atoms with Crippen LogP contribution in [0, 0.1) is 12.8 Å². The molecule has 23 nitrogen and oxygen atoms in total. The number of hydrogen-bond donors (Lipinski definition) is 7. The van der Waals surface area contributed by atoms with E-state index in [0.29, 0.717) is 74.5 Å². The van der Waals surface area contributed by atoms with E-state index >= 15 is 0 Å². The van der Waals surface area contributed by atoms with Crippen LogP contribution in [0.25, 0.3) is 43.4 Å². The Kier molecular flexibility index (Phi) is 18.8. The lowest BCUT2D eigenvalue weighted by Crippen LogP contribution is -2.40. The molecule has 6 amide bonds. The fraction of sp³-hybridized carbons (Fsp3) is 0.321. The minimum absolute atomic E-state index is 0.000662. The molecule has 0 spiro atoms. The fourth-order valence-corrected chi connectivity index (χ4v) is 14.0. The highest BCUT2D eigenvalue weighted by molar-refractivity contribution is 7.15. The number of fused-ring (bicyclic) bond motifs is 14. The van der Waals surface area contributed by atoms with Crippen LogP contribution in [0.15, 0.2) is 64.0 Å². The Morgan fingerprint density at radius 2 is 1.43 bits per heavy atom. The third-order valence-corrected chi connectivity index (χ3v) is 18.5. The zero-order chi connectivity index (χ0) is 58.4. The predicted octanol–water partition coefficient (Wildman–Crippen LogP) is 7.53. The van der Waals surface area contributed by atoms with Gasteiger partial charge >= 0.3 is 5.97 Å². The highest BCUT2D eigenvalue weighted by Gasteiger charge is 2.33. The van der Waals surface area contributed by atoms with Crippen LogP contribution < -0.4 is 31.5 Å². The first-order valence-corrected chi connectivity index (χ1v) is 30.5. The van der Waals surface area contributed by atoms with Gasteiger partial charge in [-0.2, -0.15) is 0 Å². The van der Waals surface area contributed by atoms with Gasteiger partial charge in [0.25, 0.3) is 17.7 Å². The van der Waals surface area contributed by atoms with Crippen LogP contribution >= 0.6 is 68.0 Å². The number of nitrogens with zero attached hydrogens (tertiary/aromatic N) is 8. The number of pyridine rings is 1. The van der Waals surface area contributed by atoms with Gasteiger partial charge in [-0.05, 0) is 37.0 Å². The SMILES string of the molecule is CNC(=O)C[C@@H]1NC(=O)c2csc(n2)-c2ccc(-c3nc(N(C)C(=O)CCCC(=O)O)cs3)nc2-c2csc(n2)-c2csc(n2)[C@H]([C@@H](O)c2ccccc2)NC(=O)CNC(=O)c2nc(sc2COC)C(C(C)C)NC(=O)c2nc1sc2C. The van der Waals surface area contributed by atoms with Gasteiger partial charge in [0.2, 0.25) is 17.7 Å². The first-order valence-electron chi connectivity index (χ1n) is 25.3. The van der Waals surface area contributed by atoms with E-state index in [-0.39, 0.29) is 66.2 Å². The normalized spacial score (nSPS) is 16.4. The van der Waals surface area contributed by atoms with Gasteiger partial charge < -0.3 is 41.5 Å². The number of rotatable bonds is 13. The number of carbonyl (C=O) groups excluding carboxylic acids is 6. The molecule has 0 fully saturated rings. The van der Waals surface area contributed by atoms with Crippen LogP contribution in [-0.2, 0) is 30.5 Å². The molecular weight excluding hydrogens is 1170 g/mol. The Balaban J connectivity index is 1.12. The molecule has 7 aromatic heterocycles. The van der Waals surface area contributed by atoms with Gasteiger partial charge in [0, 0.05) is 66.0 Å². The summed E-state index contributed by atoms with van der Waals surface area (Å²) in [6, 6.07) is 9.45. The van der Waals surface area contributed by atoms with Crippen molar-refractivity contribution in [2.45, 2.75) is 77.3 Å². The molecule has 1 unspecified atom stereocenters. The number of aliphatic hydroxyl groups is 1. The van der Waals surface area contributed by atoms with Crippen molar-refractivity contribution in [3.63, 3.8) is 0 Å². The fourth-order valence-electron chi connectivity index (χ4n) is 8.42. The molecule has 8 aromatic rings. The molecular formula is C53H53N13O10S6. The van der Waals surface area contributed by atoms with Crippen LogP contribution in [0.1, 0.15) is 126 Å². The molecule has 10 bridgehead atoms. The maximum Gasteiger partial charge on any atom is 0.303 e. The minimum Gasteiger partial charge on any atom is -0.481 e. The zero-order valence-electron chi connectivity index (χ0n) is 44.7. The van der Waals surface area contributed by atoms with Gasteiger partial charge in [-0.15, -0.1) is 68.0 Å². The van der Waals surface area contributed by atoms with Crippen LogP contribution in [0.2, 0.25) is 0 Å². The van der Waals surface area contributed by atoms with E-state index in [2.05, 4.69) is 36.6 Å². The monoisotopic (exact) mass is 1220 g/mol. The smallest absolute Gasteiger partial charge is 0.303 e. The first kappa shape index (κ1) is 59.0. The van der Waals surface area contributed by atoms with Crippen LogP contribution in [0.5, 0.6) is 0 Å². The number of ether oxygens (including phenoxy) is 1. The van der Waals surface area contributed by atoms with Crippen molar-refractivity contribution in [2.75, 3.05) is 32.6 Å². The summed E-state index contributed by atoms with van der Waals surface area (Å²) in [7, 11) is 4.50. The molecule has 1 aliphatic heterocycles. The van der Waals surface area contributed by atoms with Crippen molar-refractivity contribution in [1.29, 1.82) is 0 Å². The van der Waals surface area contributed by atoms with Gasteiger partial charge in [0.05, 0.1) is 42.2 Å². The van der Waals surface area contributed by atoms with E-state index in [0.717, 1.165) is 11.3 Å². The second kappa shape index (κ2) is 26.1. The zero-order valence-corrected chi connectivity index (χ0v) is 49.6. The van der Waals surface area contributed by atoms with Crippen LogP contribution in [0.3, 0.4) is 0 Å². The van der Waals surface area contributed by atoms with Crippen LogP contribution in [-0.4, -0.2) is 114 Å². The largest absolute Gasteiger partial charge is 0.481 e. The summed E-state index contributed by atoms with van der Waals surface area (Å²) < 4.78 is 5.44. The molecule has 9 rings (SSSR count). The number of thiazole rings is 6. The van der Waals surface area contributed by atoms with Gasteiger partial charge in [-0.1, -0.05) is 44.2 Å². The van der Waals surface area contributed by atoms with Crippen LogP contribution in [0.4, 0.5) is 5.82 Å². The Bertz CT molecular complexity index is 3680. The minimum atomic E-state index is -1.28. The number of nitrogens with one attached hydrogen (secondary N) is 5. The summed E-state index contributed by atoms with van der Waals surface area (Å²) in [6.45, 7) is 4.94. The number of carboxylic acids is 1. The Labute approximate surface area is 492 Å². The number of carboxylic acid groups (broad SMARTS) is 1. The molecule has 0 aliphatic carbocycles. The molecule has 82 heavy (non-hydrogen) atoms. The van der Waals surface area contributed by atoms with Crippen molar-refractivity contribution in [2.24, 2.45) is 5.92 Å². The highest BCUT2D eigenvalue weighted by atomic mass is 32.1.